The summed E-state index contributed by atoms with van der Waals surface area (Å²) in [6.45, 7) is 4.22. The predicted molar refractivity (Wildman–Crippen MR) is 108 cm³/mol. The first-order chi connectivity index (χ1) is 12.6. The van der Waals surface area contributed by atoms with E-state index in [1.807, 2.05) is 60.0 Å². The van der Waals surface area contributed by atoms with Crippen molar-refractivity contribution in [1.29, 1.82) is 0 Å². The summed E-state index contributed by atoms with van der Waals surface area (Å²) >= 11 is 7.71. The van der Waals surface area contributed by atoms with Gasteiger partial charge in [0, 0.05) is 29.9 Å². The first kappa shape index (κ1) is 18.6. The van der Waals surface area contributed by atoms with E-state index in [-0.39, 0.29) is 11.9 Å². The maximum Gasteiger partial charge on any atom is 0.230 e. The van der Waals surface area contributed by atoms with Gasteiger partial charge in [-0.05, 0) is 30.7 Å². The van der Waals surface area contributed by atoms with Crippen LogP contribution in [-0.4, -0.2) is 10.9 Å². The Morgan fingerprint density at radius 2 is 1.88 bits per heavy atom. The van der Waals surface area contributed by atoms with E-state index in [1.165, 1.54) is 11.3 Å². The standard InChI is InChI=1S/C20H20ClN3OS/c1-14(18-10-6-7-11-19(18)21)22-12-16-13-26-20(23-16)24(15(2)25)17-8-4-3-5-9-17/h3-11,13-14,22H,12H2,1-2H3/t14-/m0/s1. The third-order valence-electron chi connectivity index (χ3n) is 4.02. The number of aromatic nitrogens is 1. The monoisotopic (exact) mass is 385 g/mol. The number of thiazole rings is 1. The Morgan fingerprint density at radius 1 is 1.19 bits per heavy atom. The lowest BCUT2D eigenvalue weighted by Crippen LogP contribution is -2.23. The van der Waals surface area contributed by atoms with Gasteiger partial charge in [0.05, 0.1) is 11.4 Å². The van der Waals surface area contributed by atoms with E-state index < -0.39 is 0 Å². The second kappa shape index (κ2) is 8.45. The summed E-state index contributed by atoms with van der Waals surface area (Å²) in [4.78, 5) is 18.4. The first-order valence-corrected chi connectivity index (χ1v) is 9.60. The van der Waals surface area contributed by atoms with Gasteiger partial charge in [-0.25, -0.2) is 4.98 Å². The Labute approximate surface area is 162 Å². The van der Waals surface area contributed by atoms with Crippen molar-refractivity contribution >= 4 is 39.7 Å². The lowest BCUT2D eigenvalue weighted by atomic mass is 10.1. The van der Waals surface area contributed by atoms with Crippen LogP contribution >= 0.6 is 22.9 Å². The van der Waals surface area contributed by atoms with Gasteiger partial charge in [-0.3, -0.25) is 9.69 Å². The molecule has 1 amide bonds. The number of anilines is 2. The lowest BCUT2D eigenvalue weighted by Gasteiger charge is -2.18. The van der Waals surface area contributed by atoms with Crippen LogP contribution in [0.5, 0.6) is 0 Å². The lowest BCUT2D eigenvalue weighted by molar-refractivity contribution is -0.115. The average Bonchev–Trinajstić information content (AvgIpc) is 3.09. The molecule has 0 saturated heterocycles. The summed E-state index contributed by atoms with van der Waals surface area (Å²) in [5.41, 5.74) is 2.77. The van der Waals surface area contributed by atoms with Crippen LogP contribution in [0.2, 0.25) is 5.02 Å². The van der Waals surface area contributed by atoms with E-state index in [0.717, 1.165) is 22.0 Å². The Kier molecular flexibility index (Phi) is 6.04. The number of hydrogen-bond donors (Lipinski definition) is 1. The molecular weight excluding hydrogens is 366 g/mol. The maximum absolute atomic E-state index is 12.1. The van der Waals surface area contributed by atoms with Crippen LogP contribution in [-0.2, 0) is 11.3 Å². The fourth-order valence-corrected chi connectivity index (χ4v) is 3.86. The van der Waals surface area contributed by atoms with Crippen LogP contribution < -0.4 is 10.2 Å². The number of carbonyl (C=O) groups excluding carboxylic acids is 1. The molecule has 3 rings (SSSR count). The van der Waals surface area contributed by atoms with Gasteiger partial charge in [-0.1, -0.05) is 48.0 Å². The van der Waals surface area contributed by atoms with Crippen LogP contribution in [0.1, 0.15) is 31.1 Å². The van der Waals surface area contributed by atoms with E-state index in [1.54, 1.807) is 11.8 Å². The highest BCUT2D eigenvalue weighted by molar-refractivity contribution is 7.14. The van der Waals surface area contributed by atoms with Crippen molar-refractivity contribution < 1.29 is 4.79 Å². The molecule has 4 nitrogen and oxygen atoms in total. The molecule has 1 aromatic heterocycles. The zero-order valence-electron chi connectivity index (χ0n) is 14.6. The smallest absolute Gasteiger partial charge is 0.230 e. The number of nitrogens with zero attached hydrogens (tertiary/aromatic N) is 2. The minimum Gasteiger partial charge on any atom is -0.304 e. The van der Waals surface area contributed by atoms with Crippen molar-refractivity contribution in [2.75, 3.05) is 4.90 Å². The van der Waals surface area contributed by atoms with Gasteiger partial charge in [0.2, 0.25) is 5.91 Å². The number of benzene rings is 2. The normalized spacial score (nSPS) is 12.0. The molecule has 0 bridgehead atoms. The topological polar surface area (TPSA) is 45.2 Å². The first-order valence-electron chi connectivity index (χ1n) is 8.34. The van der Waals surface area contributed by atoms with Gasteiger partial charge in [0.1, 0.15) is 0 Å². The number of rotatable bonds is 6. The third kappa shape index (κ3) is 4.30. The number of amides is 1. The Morgan fingerprint density at radius 3 is 2.58 bits per heavy atom. The summed E-state index contributed by atoms with van der Waals surface area (Å²) in [5, 5.41) is 6.83. The molecule has 0 spiro atoms. The van der Waals surface area contributed by atoms with Crippen LogP contribution in [0, 0.1) is 0 Å². The molecule has 2 aromatic carbocycles. The Bertz CT molecular complexity index is 882. The van der Waals surface area contributed by atoms with Crippen molar-refractivity contribution in [2.24, 2.45) is 0 Å². The predicted octanol–water partition coefficient (Wildman–Crippen LogP) is 5.33. The summed E-state index contributed by atoms with van der Waals surface area (Å²) in [6, 6.07) is 17.5. The number of nitrogens with one attached hydrogen (secondary N) is 1. The van der Waals surface area contributed by atoms with Crippen LogP contribution in [0.3, 0.4) is 0 Å². The molecule has 0 saturated carbocycles. The van der Waals surface area contributed by atoms with Crippen LogP contribution in [0.4, 0.5) is 10.8 Å². The molecule has 0 unspecified atom stereocenters. The molecule has 0 fully saturated rings. The summed E-state index contributed by atoms with van der Waals surface area (Å²) in [6.07, 6.45) is 0. The van der Waals surface area contributed by atoms with Crippen LogP contribution in [0.15, 0.2) is 60.0 Å². The number of para-hydroxylation sites is 1. The van der Waals surface area contributed by atoms with Gasteiger partial charge < -0.3 is 5.32 Å². The van der Waals surface area contributed by atoms with Crippen molar-refractivity contribution in [1.82, 2.24) is 10.3 Å². The van der Waals surface area contributed by atoms with Gasteiger partial charge in [-0.2, -0.15) is 0 Å². The van der Waals surface area contributed by atoms with E-state index in [2.05, 4.69) is 17.2 Å². The fourth-order valence-electron chi connectivity index (χ4n) is 2.68. The average molecular weight is 386 g/mol. The minimum absolute atomic E-state index is 0.0607. The van der Waals surface area contributed by atoms with Crippen molar-refractivity contribution in [3.8, 4) is 0 Å². The number of hydrogen-bond acceptors (Lipinski definition) is 4. The van der Waals surface area contributed by atoms with E-state index in [9.17, 15) is 4.79 Å². The van der Waals surface area contributed by atoms with Gasteiger partial charge in [0.15, 0.2) is 5.13 Å². The molecular formula is C20H20ClN3OS. The molecule has 1 heterocycles. The SMILES string of the molecule is CC(=O)N(c1ccccc1)c1nc(CN[C@@H](C)c2ccccc2Cl)cs1. The molecule has 1 N–H and O–H groups in total. The maximum atomic E-state index is 12.1. The highest BCUT2D eigenvalue weighted by Gasteiger charge is 2.18. The second-order valence-electron chi connectivity index (χ2n) is 5.94. The van der Waals surface area contributed by atoms with Gasteiger partial charge in [0.25, 0.3) is 0 Å². The molecule has 134 valence electrons. The van der Waals surface area contributed by atoms with E-state index in [0.29, 0.717) is 11.7 Å². The van der Waals surface area contributed by atoms with Crippen molar-refractivity contribution in [2.45, 2.75) is 26.4 Å². The minimum atomic E-state index is -0.0607. The molecule has 0 aliphatic heterocycles. The zero-order valence-corrected chi connectivity index (χ0v) is 16.2. The molecule has 0 aliphatic carbocycles. The third-order valence-corrected chi connectivity index (χ3v) is 5.24. The summed E-state index contributed by atoms with van der Waals surface area (Å²) in [5.74, 6) is -0.0607. The molecule has 0 aliphatic rings. The number of halogens is 1. The Hall–Kier alpha value is -2.21. The molecule has 1 atom stereocenters. The van der Waals surface area contributed by atoms with E-state index >= 15 is 0 Å². The second-order valence-corrected chi connectivity index (χ2v) is 7.18. The van der Waals surface area contributed by atoms with Crippen molar-refractivity contribution in [3.05, 3.63) is 76.3 Å². The molecule has 26 heavy (non-hydrogen) atoms. The summed E-state index contributed by atoms with van der Waals surface area (Å²) < 4.78 is 0. The van der Waals surface area contributed by atoms with Gasteiger partial charge >= 0.3 is 0 Å². The summed E-state index contributed by atoms with van der Waals surface area (Å²) in [7, 11) is 0. The van der Waals surface area contributed by atoms with Gasteiger partial charge in [-0.15, -0.1) is 11.3 Å². The fraction of sp³-hybridized carbons (Fsp3) is 0.200. The molecule has 3 aromatic rings. The quantitative estimate of drug-likeness (QED) is 0.623. The Balaban J connectivity index is 1.71. The highest BCUT2D eigenvalue weighted by Crippen LogP contribution is 2.29. The zero-order chi connectivity index (χ0) is 18.5. The number of carbonyl (C=O) groups is 1. The largest absolute Gasteiger partial charge is 0.304 e. The molecule has 0 radical (unpaired) electrons. The highest BCUT2D eigenvalue weighted by atomic mass is 35.5. The van der Waals surface area contributed by atoms with Crippen molar-refractivity contribution in [3.63, 3.8) is 0 Å². The van der Waals surface area contributed by atoms with E-state index in [4.69, 9.17) is 11.6 Å². The van der Waals surface area contributed by atoms with Crippen LogP contribution in [0.25, 0.3) is 0 Å². The molecule has 6 heteroatoms.